The van der Waals surface area contributed by atoms with Crippen LogP contribution in [0.25, 0.3) is 6.08 Å². The van der Waals surface area contributed by atoms with Crippen LogP contribution in [-0.4, -0.2) is 16.0 Å². The zero-order valence-electron chi connectivity index (χ0n) is 13.3. The third-order valence-electron chi connectivity index (χ3n) is 4.25. The Bertz CT molecular complexity index is 685. The molecule has 0 bridgehead atoms. The van der Waals surface area contributed by atoms with Crippen molar-refractivity contribution in [2.45, 2.75) is 44.6 Å². The minimum atomic E-state index is -0.506. The van der Waals surface area contributed by atoms with E-state index in [1.165, 1.54) is 6.42 Å². The number of benzene rings is 1. The van der Waals surface area contributed by atoms with Gasteiger partial charge in [-0.15, -0.1) is 0 Å². The molecular formula is C18H21N3O2. The minimum absolute atomic E-state index is 0.127. The highest BCUT2D eigenvalue weighted by molar-refractivity contribution is 5.92. The molecule has 1 heterocycles. The molecule has 0 aliphatic heterocycles. The van der Waals surface area contributed by atoms with Crippen molar-refractivity contribution in [2.75, 3.05) is 0 Å². The quantitative estimate of drug-likeness (QED) is 0.879. The standard InChI is InChI=1S/C18H21N3O2/c1-14-19-17(21-23-14)18(12-6-3-7-13-18)20-16(22)11-10-15-8-4-2-5-9-15/h2,4-5,8-11H,3,6-7,12-13H2,1H3,(H,20,22). The van der Waals surface area contributed by atoms with Crippen LogP contribution in [0.4, 0.5) is 0 Å². The normalized spacial score (nSPS) is 17.3. The average molecular weight is 311 g/mol. The Labute approximate surface area is 135 Å². The van der Waals surface area contributed by atoms with Crippen LogP contribution in [0.2, 0.25) is 0 Å². The Hall–Kier alpha value is -2.43. The van der Waals surface area contributed by atoms with Gasteiger partial charge in [0, 0.05) is 13.0 Å². The molecule has 1 N–H and O–H groups in total. The first-order valence-corrected chi connectivity index (χ1v) is 8.04. The number of hydrogen-bond donors (Lipinski definition) is 1. The fraction of sp³-hybridized carbons (Fsp3) is 0.389. The van der Waals surface area contributed by atoms with E-state index in [-0.39, 0.29) is 5.91 Å². The number of hydrogen-bond acceptors (Lipinski definition) is 4. The van der Waals surface area contributed by atoms with E-state index < -0.39 is 5.54 Å². The molecule has 1 amide bonds. The van der Waals surface area contributed by atoms with Crippen molar-refractivity contribution in [3.05, 3.63) is 53.7 Å². The zero-order chi connectivity index (χ0) is 16.1. The van der Waals surface area contributed by atoms with E-state index >= 15 is 0 Å². The van der Waals surface area contributed by atoms with Crippen LogP contribution in [0.3, 0.4) is 0 Å². The molecule has 1 fully saturated rings. The first-order chi connectivity index (χ1) is 11.2. The molecule has 0 spiro atoms. The summed E-state index contributed by atoms with van der Waals surface area (Å²) in [5.74, 6) is 0.994. The Balaban J connectivity index is 1.76. The zero-order valence-corrected chi connectivity index (χ0v) is 13.3. The summed E-state index contributed by atoms with van der Waals surface area (Å²) in [5, 5.41) is 7.18. The summed E-state index contributed by atoms with van der Waals surface area (Å²) in [7, 11) is 0. The van der Waals surface area contributed by atoms with Gasteiger partial charge in [-0.3, -0.25) is 4.79 Å². The van der Waals surface area contributed by atoms with Gasteiger partial charge in [0.05, 0.1) is 0 Å². The first-order valence-electron chi connectivity index (χ1n) is 8.04. The molecule has 0 unspecified atom stereocenters. The molecule has 5 heteroatoms. The Morgan fingerprint density at radius 3 is 2.61 bits per heavy atom. The van der Waals surface area contributed by atoms with E-state index in [2.05, 4.69) is 15.5 Å². The fourth-order valence-corrected chi connectivity index (χ4v) is 3.07. The second kappa shape index (κ2) is 6.77. The topological polar surface area (TPSA) is 68.0 Å². The third-order valence-corrected chi connectivity index (χ3v) is 4.25. The predicted molar refractivity (Wildman–Crippen MR) is 87.4 cm³/mol. The molecule has 1 aromatic carbocycles. The van der Waals surface area contributed by atoms with Crippen LogP contribution in [0.1, 0.15) is 49.4 Å². The maximum absolute atomic E-state index is 12.4. The number of aromatic nitrogens is 2. The number of amides is 1. The number of rotatable bonds is 4. The number of nitrogens with zero attached hydrogens (tertiary/aromatic N) is 2. The number of carbonyl (C=O) groups is 1. The largest absolute Gasteiger partial charge is 0.340 e. The number of aryl methyl sites for hydroxylation is 1. The monoisotopic (exact) mass is 311 g/mol. The summed E-state index contributed by atoms with van der Waals surface area (Å²) in [6, 6.07) is 9.77. The van der Waals surface area contributed by atoms with Crippen LogP contribution in [0.15, 0.2) is 40.9 Å². The third kappa shape index (κ3) is 3.67. The highest BCUT2D eigenvalue weighted by atomic mass is 16.5. The van der Waals surface area contributed by atoms with Crippen molar-refractivity contribution in [1.82, 2.24) is 15.5 Å². The lowest BCUT2D eigenvalue weighted by Crippen LogP contribution is -2.47. The van der Waals surface area contributed by atoms with E-state index in [9.17, 15) is 4.79 Å². The molecule has 3 rings (SSSR count). The lowest BCUT2D eigenvalue weighted by atomic mass is 9.81. The highest BCUT2D eigenvalue weighted by Crippen LogP contribution is 2.35. The highest BCUT2D eigenvalue weighted by Gasteiger charge is 2.39. The van der Waals surface area contributed by atoms with Gasteiger partial charge in [0.1, 0.15) is 5.54 Å². The minimum Gasteiger partial charge on any atom is -0.340 e. The molecule has 0 radical (unpaired) electrons. The lowest BCUT2D eigenvalue weighted by Gasteiger charge is -2.34. The van der Waals surface area contributed by atoms with Crippen LogP contribution < -0.4 is 5.32 Å². The van der Waals surface area contributed by atoms with Crippen molar-refractivity contribution >= 4 is 12.0 Å². The summed E-state index contributed by atoms with van der Waals surface area (Å²) in [4.78, 5) is 16.7. The molecule has 1 saturated carbocycles. The fourth-order valence-electron chi connectivity index (χ4n) is 3.07. The van der Waals surface area contributed by atoms with Crippen molar-refractivity contribution in [3.8, 4) is 0 Å². The maximum Gasteiger partial charge on any atom is 0.244 e. The van der Waals surface area contributed by atoms with E-state index in [1.54, 1.807) is 13.0 Å². The summed E-state index contributed by atoms with van der Waals surface area (Å²) in [6.45, 7) is 1.77. The molecule has 1 aliphatic rings. The number of nitrogens with one attached hydrogen (secondary N) is 1. The molecule has 1 aromatic heterocycles. The summed E-state index contributed by atoms with van der Waals surface area (Å²) in [5.41, 5.74) is 0.490. The molecule has 5 nitrogen and oxygen atoms in total. The first kappa shape index (κ1) is 15.5. The van der Waals surface area contributed by atoms with Crippen molar-refractivity contribution in [1.29, 1.82) is 0 Å². The van der Waals surface area contributed by atoms with Crippen molar-refractivity contribution < 1.29 is 9.32 Å². The van der Waals surface area contributed by atoms with Gasteiger partial charge in [-0.25, -0.2) is 0 Å². The predicted octanol–water partition coefficient (Wildman–Crippen LogP) is 3.37. The van der Waals surface area contributed by atoms with Gasteiger partial charge in [0.15, 0.2) is 5.82 Å². The summed E-state index contributed by atoms with van der Waals surface area (Å²) in [6.07, 6.45) is 8.35. The van der Waals surface area contributed by atoms with Gasteiger partial charge >= 0.3 is 0 Å². The molecule has 1 aliphatic carbocycles. The molecule has 2 aromatic rings. The van der Waals surface area contributed by atoms with Crippen LogP contribution in [0.5, 0.6) is 0 Å². The van der Waals surface area contributed by atoms with Gasteiger partial charge in [-0.1, -0.05) is 54.8 Å². The van der Waals surface area contributed by atoms with Crippen LogP contribution >= 0.6 is 0 Å². The van der Waals surface area contributed by atoms with Gasteiger partial charge in [-0.05, 0) is 24.5 Å². The Morgan fingerprint density at radius 1 is 1.22 bits per heavy atom. The van der Waals surface area contributed by atoms with E-state index in [4.69, 9.17) is 4.52 Å². The van der Waals surface area contributed by atoms with Crippen molar-refractivity contribution in [3.63, 3.8) is 0 Å². The van der Waals surface area contributed by atoms with Gasteiger partial charge in [-0.2, -0.15) is 4.98 Å². The van der Waals surface area contributed by atoms with E-state index in [0.29, 0.717) is 11.7 Å². The lowest BCUT2D eigenvalue weighted by molar-refractivity contribution is -0.119. The van der Waals surface area contributed by atoms with Crippen LogP contribution in [0, 0.1) is 6.92 Å². The summed E-state index contributed by atoms with van der Waals surface area (Å²) >= 11 is 0. The molecule has 0 atom stereocenters. The summed E-state index contributed by atoms with van der Waals surface area (Å²) < 4.78 is 5.12. The molecule has 0 saturated heterocycles. The Morgan fingerprint density at radius 2 is 1.96 bits per heavy atom. The Kier molecular flexibility index (Phi) is 4.55. The second-order valence-electron chi connectivity index (χ2n) is 6.01. The van der Waals surface area contributed by atoms with Gasteiger partial charge in [0.2, 0.25) is 11.8 Å². The van der Waals surface area contributed by atoms with Gasteiger partial charge < -0.3 is 9.84 Å². The molecule has 120 valence electrons. The number of carbonyl (C=O) groups excluding carboxylic acids is 1. The average Bonchev–Trinajstić information content (AvgIpc) is 3.02. The SMILES string of the molecule is Cc1nc(C2(NC(=O)C=Cc3ccccc3)CCCCC2)no1. The molecular weight excluding hydrogens is 290 g/mol. The van der Waals surface area contributed by atoms with Crippen molar-refractivity contribution in [2.24, 2.45) is 0 Å². The van der Waals surface area contributed by atoms with Crippen LogP contribution in [-0.2, 0) is 10.3 Å². The molecule has 23 heavy (non-hydrogen) atoms. The van der Waals surface area contributed by atoms with Gasteiger partial charge in [0.25, 0.3) is 0 Å². The maximum atomic E-state index is 12.4. The van der Waals surface area contributed by atoms with E-state index in [0.717, 1.165) is 31.2 Å². The van der Waals surface area contributed by atoms with E-state index in [1.807, 2.05) is 36.4 Å². The second-order valence-corrected chi connectivity index (χ2v) is 6.01. The smallest absolute Gasteiger partial charge is 0.244 e.